The molecule has 0 aliphatic carbocycles. The lowest BCUT2D eigenvalue weighted by molar-refractivity contribution is 1.44. The summed E-state index contributed by atoms with van der Waals surface area (Å²) in [5.41, 5.74) is 2.13. The van der Waals surface area contributed by atoms with Crippen LogP contribution in [0.15, 0.2) is 18.2 Å². The van der Waals surface area contributed by atoms with Gasteiger partial charge < -0.3 is 0 Å². The maximum atomic E-state index is 5.71. The van der Waals surface area contributed by atoms with Gasteiger partial charge >= 0.3 is 0 Å². The van der Waals surface area contributed by atoms with Crippen molar-refractivity contribution in [1.29, 1.82) is 0 Å². The second-order valence-corrected chi connectivity index (χ2v) is 2.57. The van der Waals surface area contributed by atoms with Crippen molar-refractivity contribution in [1.82, 2.24) is 0 Å². The maximum absolute atomic E-state index is 5.71. The SMILES string of the molecule is [CH2]c1cc(C)cc(Cl)c1. The van der Waals surface area contributed by atoms with Gasteiger partial charge in [0, 0.05) is 5.02 Å². The summed E-state index contributed by atoms with van der Waals surface area (Å²) < 4.78 is 0. The van der Waals surface area contributed by atoms with Gasteiger partial charge in [-0.05, 0) is 37.1 Å². The zero-order valence-corrected chi connectivity index (χ0v) is 6.07. The number of hydrogen-bond donors (Lipinski definition) is 0. The average molecular weight is 140 g/mol. The van der Waals surface area contributed by atoms with Crippen molar-refractivity contribution in [2.75, 3.05) is 0 Å². The molecule has 0 amide bonds. The van der Waals surface area contributed by atoms with E-state index in [4.69, 9.17) is 11.6 Å². The van der Waals surface area contributed by atoms with Crippen LogP contribution < -0.4 is 0 Å². The van der Waals surface area contributed by atoms with Crippen molar-refractivity contribution in [2.45, 2.75) is 6.92 Å². The molecular weight excluding hydrogens is 132 g/mol. The Morgan fingerprint density at radius 2 is 2.00 bits per heavy atom. The van der Waals surface area contributed by atoms with E-state index >= 15 is 0 Å². The van der Waals surface area contributed by atoms with Gasteiger partial charge in [0.2, 0.25) is 0 Å². The third-order valence-corrected chi connectivity index (χ3v) is 1.32. The zero-order chi connectivity index (χ0) is 6.85. The van der Waals surface area contributed by atoms with Crippen LogP contribution in [0.5, 0.6) is 0 Å². The molecule has 0 atom stereocenters. The molecule has 47 valence electrons. The van der Waals surface area contributed by atoms with Crippen molar-refractivity contribution in [3.8, 4) is 0 Å². The predicted octanol–water partition coefficient (Wildman–Crippen LogP) is 2.83. The largest absolute Gasteiger partial charge is 0.0843 e. The van der Waals surface area contributed by atoms with Crippen LogP contribution in [0.25, 0.3) is 0 Å². The first kappa shape index (κ1) is 6.63. The summed E-state index contributed by atoms with van der Waals surface area (Å²) in [6, 6.07) is 5.75. The van der Waals surface area contributed by atoms with Crippen LogP contribution >= 0.6 is 11.6 Å². The second-order valence-electron chi connectivity index (χ2n) is 2.14. The van der Waals surface area contributed by atoms with Crippen LogP contribution in [-0.4, -0.2) is 0 Å². The highest BCUT2D eigenvalue weighted by atomic mass is 35.5. The van der Waals surface area contributed by atoms with Crippen LogP contribution in [0.4, 0.5) is 0 Å². The predicted molar refractivity (Wildman–Crippen MR) is 40.6 cm³/mol. The molecule has 0 saturated heterocycles. The van der Waals surface area contributed by atoms with Gasteiger partial charge in [0.05, 0.1) is 0 Å². The van der Waals surface area contributed by atoms with Gasteiger partial charge in [-0.25, -0.2) is 0 Å². The summed E-state index contributed by atoms with van der Waals surface area (Å²) in [5.74, 6) is 0. The van der Waals surface area contributed by atoms with Gasteiger partial charge in [-0.2, -0.15) is 0 Å². The molecule has 1 heteroatoms. The number of halogens is 1. The summed E-state index contributed by atoms with van der Waals surface area (Å²) in [6.07, 6.45) is 0. The van der Waals surface area contributed by atoms with E-state index in [2.05, 4.69) is 6.92 Å². The molecule has 0 bridgehead atoms. The topological polar surface area (TPSA) is 0 Å². The van der Waals surface area contributed by atoms with E-state index in [1.165, 1.54) is 0 Å². The smallest absolute Gasteiger partial charge is 0.0411 e. The molecule has 0 unspecified atom stereocenters. The van der Waals surface area contributed by atoms with Crippen molar-refractivity contribution in [2.24, 2.45) is 0 Å². The van der Waals surface area contributed by atoms with Crippen LogP contribution in [0.3, 0.4) is 0 Å². The summed E-state index contributed by atoms with van der Waals surface area (Å²) in [7, 11) is 0. The van der Waals surface area contributed by atoms with Gasteiger partial charge in [0.1, 0.15) is 0 Å². The molecule has 1 aromatic carbocycles. The zero-order valence-electron chi connectivity index (χ0n) is 5.32. The van der Waals surface area contributed by atoms with Gasteiger partial charge in [-0.3, -0.25) is 0 Å². The molecule has 0 heterocycles. The van der Waals surface area contributed by atoms with Crippen LogP contribution in [0.1, 0.15) is 11.1 Å². The Balaban J connectivity index is 3.17. The molecule has 1 radical (unpaired) electrons. The van der Waals surface area contributed by atoms with Gasteiger partial charge in [0.15, 0.2) is 0 Å². The molecular formula is C8H8Cl. The minimum absolute atomic E-state index is 0.764. The van der Waals surface area contributed by atoms with E-state index in [-0.39, 0.29) is 0 Å². The number of benzene rings is 1. The fourth-order valence-corrected chi connectivity index (χ4v) is 1.12. The van der Waals surface area contributed by atoms with Gasteiger partial charge in [0.25, 0.3) is 0 Å². The van der Waals surface area contributed by atoms with E-state index in [0.717, 1.165) is 16.1 Å². The molecule has 0 aromatic heterocycles. The molecule has 9 heavy (non-hydrogen) atoms. The lowest BCUT2D eigenvalue weighted by Crippen LogP contribution is -1.74. The van der Waals surface area contributed by atoms with E-state index in [9.17, 15) is 0 Å². The van der Waals surface area contributed by atoms with E-state index in [1.54, 1.807) is 0 Å². The second kappa shape index (κ2) is 2.40. The molecule has 0 spiro atoms. The van der Waals surface area contributed by atoms with Crippen molar-refractivity contribution < 1.29 is 0 Å². The van der Waals surface area contributed by atoms with Crippen LogP contribution in [-0.2, 0) is 0 Å². The van der Waals surface area contributed by atoms with Crippen molar-refractivity contribution >= 4 is 11.6 Å². The summed E-state index contributed by atoms with van der Waals surface area (Å²) in [4.78, 5) is 0. The molecule has 0 fully saturated rings. The van der Waals surface area contributed by atoms with Gasteiger partial charge in [-0.15, -0.1) is 0 Å². The molecule has 0 N–H and O–H groups in total. The van der Waals surface area contributed by atoms with Crippen molar-refractivity contribution in [3.05, 3.63) is 41.3 Å². The normalized spacial score (nSPS) is 9.67. The van der Waals surface area contributed by atoms with Crippen molar-refractivity contribution in [3.63, 3.8) is 0 Å². The third kappa shape index (κ3) is 1.72. The van der Waals surface area contributed by atoms with E-state index < -0.39 is 0 Å². The first-order valence-electron chi connectivity index (χ1n) is 2.77. The average Bonchev–Trinajstić information content (AvgIpc) is 1.59. The first-order chi connectivity index (χ1) is 4.18. The molecule has 0 saturated carbocycles. The third-order valence-electron chi connectivity index (χ3n) is 1.10. The monoisotopic (exact) mass is 139 g/mol. The highest BCUT2D eigenvalue weighted by Crippen LogP contribution is 2.12. The summed E-state index contributed by atoms with van der Waals surface area (Å²) in [6.45, 7) is 5.76. The maximum Gasteiger partial charge on any atom is 0.0411 e. The molecule has 0 nitrogen and oxygen atoms in total. The Morgan fingerprint density at radius 1 is 1.33 bits per heavy atom. The standard InChI is InChI=1S/C8H8Cl/c1-6-3-7(2)5-8(9)4-6/h3-5H,1H2,2H3. The minimum atomic E-state index is 0.764. The first-order valence-corrected chi connectivity index (χ1v) is 3.15. The summed E-state index contributed by atoms with van der Waals surface area (Å²) >= 11 is 5.71. The number of aryl methyl sites for hydroxylation is 1. The Bertz CT molecular complexity index is 165. The summed E-state index contributed by atoms with van der Waals surface area (Å²) in [5, 5.41) is 0.764. The molecule has 0 aliphatic heterocycles. The Hall–Kier alpha value is -0.490. The quantitative estimate of drug-likeness (QED) is 0.519. The van der Waals surface area contributed by atoms with Crippen LogP contribution in [0.2, 0.25) is 5.02 Å². The lowest BCUT2D eigenvalue weighted by Gasteiger charge is -1.95. The highest BCUT2D eigenvalue weighted by Gasteiger charge is 1.89. The van der Waals surface area contributed by atoms with E-state index in [0.29, 0.717) is 0 Å². The molecule has 1 aromatic rings. The number of hydrogen-bond acceptors (Lipinski definition) is 0. The fraction of sp³-hybridized carbons (Fsp3) is 0.125. The Morgan fingerprint density at radius 3 is 2.44 bits per heavy atom. The molecule has 0 aliphatic rings. The fourth-order valence-electron chi connectivity index (χ4n) is 0.812. The Labute approximate surface area is 60.5 Å². The molecule has 1 rings (SSSR count). The highest BCUT2D eigenvalue weighted by molar-refractivity contribution is 6.30. The lowest BCUT2D eigenvalue weighted by atomic mass is 10.2. The van der Waals surface area contributed by atoms with E-state index in [1.807, 2.05) is 25.1 Å². The van der Waals surface area contributed by atoms with Gasteiger partial charge in [-0.1, -0.05) is 17.7 Å². The Kier molecular flexibility index (Phi) is 1.77. The van der Waals surface area contributed by atoms with Crippen LogP contribution in [0, 0.1) is 13.8 Å². The number of rotatable bonds is 0. The minimum Gasteiger partial charge on any atom is -0.0843 e.